The van der Waals surface area contributed by atoms with E-state index in [0.29, 0.717) is 12.0 Å². The van der Waals surface area contributed by atoms with Crippen molar-refractivity contribution >= 4 is 28.6 Å². The summed E-state index contributed by atoms with van der Waals surface area (Å²) >= 11 is 0. The molecule has 1 aliphatic heterocycles. The number of aromatic nitrogens is 1. The Labute approximate surface area is 120 Å². The van der Waals surface area contributed by atoms with Gasteiger partial charge in [0, 0.05) is 18.0 Å². The van der Waals surface area contributed by atoms with Gasteiger partial charge in [-0.1, -0.05) is 18.2 Å². The predicted molar refractivity (Wildman–Crippen MR) is 75.4 cm³/mol. The van der Waals surface area contributed by atoms with Crippen LogP contribution < -0.4 is 10.6 Å². The molecule has 1 aliphatic rings. The number of nitrogens with zero attached hydrogens (tertiary/aromatic N) is 1. The lowest BCUT2D eigenvalue weighted by atomic mass is 10.1. The second kappa shape index (κ2) is 5.32. The van der Waals surface area contributed by atoms with Gasteiger partial charge in [-0.15, -0.1) is 0 Å². The number of piperidine rings is 1. The summed E-state index contributed by atoms with van der Waals surface area (Å²) in [6.45, 7) is 0. The Bertz CT molecular complexity index is 742. The number of benzene rings is 1. The van der Waals surface area contributed by atoms with Crippen LogP contribution in [0.4, 0.5) is 0 Å². The predicted octanol–water partition coefficient (Wildman–Crippen LogP) is 0.770. The lowest BCUT2D eigenvalue weighted by molar-refractivity contribution is -0.134. The van der Waals surface area contributed by atoms with Gasteiger partial charge in [-0.25, -0.2) is 0 Å². The van der Waals surface area contributed by atoms with E-state index in [2.05, 4.69) is 15.6 Å². The Balaban J connectivity index is 1.77. The highest BCUT2D eigenvalue weighted by atomic mass is 16.2. The number of hydrogen-bond donors (Lipinski definition) is 2. The highest BCUT2D eigenvalue weighted by Gasteiger charge is 2.28. The summed E-state index contributed by atoms with van der Waals surface area (Å²) in [5, 5.41) is 5.69. The van der Waals surface area contributed by atoms with Crippen LogP contribution >= 0.6 is 0 Å². The second-order valence-corrected chi connectivity index (χ2v) is 4.89. The molecule has 0 aliphatic carbocycles. The van der Waals surface area contributed by atoms with Crippen molar-refractivity contribution in [3.8, 4) is 0 Å². The normalized spacial score (nSPS) is 18.4. The highest BCUT2D eigenvalue weighted by molar-refractivity contribution is 6.04. The number of imide groups is 1. The van der Waals surface area contributed by atoms with Crippen molar-refractivity contribution in [2.45, 2.75) is 18.9 Å². The summed E-state index contributed by atoms with van der Waals surface area (Å²) < 4.78 is 0. The van der Waals surface area contributed by atoms with Crippen LogP contribution in [0, 0.1) is 0 Å². The first-order valence-corrected chi connectivity index (χ1v) is 6.63. The van der Waals surface area contributed by atoms with E-state index >= 15 is 0 Å². The highest BCUT2D eigenvalue weighted by Crippen LogP contribution is 2.13. The minimum Gasteiger partial charge on any atom is -0.340 e. The summed E-state index contributed by atoms with van der Waals surface area (Å²) in [5.41, 5.74) is 1.19. The fourth-order valence-electron chi connectivity index (χ4n) is 2.27. The summed E-state index contributed by atoms with van der Waals surface area (Å²) in [4.78, 5) is 39.1. The van der Waals surface area contributed by atoms with E-state index in [0.717, 1.165) is 10.9 Å². The third kappa shape index (κ3) is 2.74. The minimum absolute atomic E-state index is 0.229. The molecule has 6 nitrogen and oxygen atoms in total. The topological polar surface area (TPSA) is 88.2 Å². The Morgan fingerprint density at radius 3 is 2.90 bits per heavy atom. The summed E-state index contributed by atoms with van der Waals surface area (Å²) in [7, 11) is 0. The number of fused-ring (bicyclic) bond motifs is 1. The van der Waals surface area contributed by atoms with Gasteiger partial charge < -0.3 is 5.32 Å². The Morgan fingerprint density at radius 1 is 1.29 bits per heavy atom. The molecule has 2 aromatic rings. The number of amides is 3. The molecule has 3 amide bonds. The van der Waals surface area contributed by atoms with E-state index in [1.165, 1.54) is 6.20 Å². The fourth-order valence-corrected chi connectivity index (χ4v) is 2.27. The molecule has 21 heavy (non-hydrogen) atoms. The molecule has 1 aromatic carbocycles. The molecular formula is C15H13N3O3. The molecule has 6 heteroatoms. The molecule has 0 spiro atoms. The zero-order chi connectivity index (χ0) is 14.8. The summed E-state index contributed by atoms with van der Waals surface area (Å²) in [5.74, 6) is -1.14. The van der Waals surface area contributed by atoms with Crippen molar-refractivity contribution in [2.24, 2.45) is 0 Å². The third-order valence-corrected chi connectivity index (χ3v) is 3.40. The van der Waals surface area contributed by atoms with Crippen molar-refractivity contribution in [3.63, 3.8) is 0 Å². The molecule has 2 N–H and O–H groups in total. The van der Waals surface area contributed by atoms with Gasteiger partial charge in [-0.2, -0.15) is 0 Å². The molecule has 2 heterocycles. The molecule has 1 atom stereocenters. The van der Waals surface area contributed by atoms with E-state index in [1.54, 1.807) is 6.07 Å². The second-order valence-electron chi connectivity index (χ2n) is 4.89. The molecule has 0 saturated carbocycles. The number of carbonyl (C=O) groups excluding carboxylic acids is 3. The number of hydrogen-bond acceptors (Lipinski definition) is 4. The third-order valence-electron chi connectivity index (χ3n) is 3.40. The zero-order valence-electron chi connectivity index (χ0n) is 11.1. The van der Waals surface area contributed by atoms with Gasteiger partial charge in [-0.3, -0.25) is 24.7 Å². The zero-order valence-corrected chi connectivity index (χ0v) is 11.1. The average molecular weight is 283 g/mol. The SMILES string of the molecule is O=C1CCC(NC(=O)c2cnc3ccccc3c2)C(=O)N1. The Kier molecular flexibility index (Phi) is 3.35. The van der Waals surface area contributed by atoms with Crippen molar-refractivity contribution in [2.75, 3.05) is 0 Å². The smallest absolute Gasteiger partial charge is 0.253 e. The number of rotatable bonds is 2. The minimum atomic E-state index is -0.679. The van der Waals surface area contributed by atoms with Gasteiger partial charge in [0.15, 0.2) is 0 Å². The lowest BCUT2D eigenvalue weighted by Gasteiger charge is -2.21. The molecule has 3 rings (SSSR count). The number of carbonyl (C=O) groups is 3. The molecule has 0 bridgehead atoms. The van der Waals surface area contributed by atoms with E-state index in [1.807, 2.05) is 24.3 Å². The monoisotopic (exact) mass is 283 g/mol. The average Bonchev–Trinajstić information content (AvgIpc) is 2.49. The van der Waals surface area contributed by atoms with Gasteiger partial charge in [0.25, 0.3) is 5.91 Å². The van der Waals surface area contributed by atoms with Crippen molar-refractivity contribution in [3.05, 3.63) is 42.1 Å². The largest absolute Gasteiger partial charge is 0.340 e. The first-order valence-electron chi connectivity index (χ1n) is 6.63. The van der Waals surface area contributed by atoms with Crippen LogP contribution in [0.5, 0.6) is 0 Å². The molecule has 1 fully saturated rings. The van der Waals surface area contributed by atoms with Gasteiger partial charge >= 0.3 is 0 Å². The molecular weight excluding hydrogens is 270 g/mol. The van der Waals surface area contributed by atoms with Gasteiger partial charge in [0.2, 0.25) is 11.8 Å². The standard InChI is InChI=1S/C15H13N3O3/c19-13-6-5-12(15(21)18-13)17-14(20)10-7-9-3-1-2-4-11(9)16-8-10/h1-4,7-8,12H,5-6H2,(H,17,20)(H,18,19,21). The maximum absolute atomic E-state index is 12.2. The van der Waals surface area contributed by atoms with Crippen molar-refractivity contribution in [1.82, 2.24) is 15.6 Å². The van der Waals surface area contributed by atoms with Gasteiger partial charge in [-0.05, 0) is 18.6 Å². The van der Waals surface area contributed by atoms with Crippen molar-refractivity contribution < 1.29 is 14.4 Å². The maximum Gasteiger partial charge on any atom is 0.253 e. The van der Waals surface area contributed by atoms with Crippen LogP contribution in [-0.2, 0) is 9.59 Å². The first kappa shape index (κ1) is 13.2. The van der Waals surface area contributed by atoms with Crippen LogP contribution in [0.3, 0.4) is 0 Å². The molecule has 0 radical (unpaired) electrons. The molecule has 106 valence electrons. The van der Waals surface area contributed by atoms with E-state index in [9.17, 15) is 14.4 Å². The Hall–Kier alpha value is -2.76. The van der Waals surface area contributed by atoms with Crippen LogP contribution in [0.25, 0.3) is 10.9 Å². The quantitative estimate of drug-likeness (QED) is 0.797. The summed E-state index contributed by atoms with van der Waals surface area (Å²) in [6.07, 6.45) is 2.02. The van der Waals surface area contributed by atoms with E-state index in [4.69, 9.17) is 0 Å². The lowest BCUT2D eigenvalue weighted by Crippen LogP contribution is -2.52. The van der Waals surface area contributed by atoms with Crippen LogP contribution in [-0.4, -0.2) is 28.7 Å². The van der Waals surface area contributed by atoms with Gasteiger partial charge in [0.05, 0.1) is 11.1 Å². The van der Waals surface area contributed by atoms with Crippen molar-refractivity contribution in [1.29, 1.82) is 0 Å². The number of nitrogens with one attached hydrogen (secondary N) is 2. The number of para-hydroxylation sites is 1. The Morgan fingerprint density at radius 2 is 2.10 bits per heavy atom. The van der Waals surface area contributed by atoms with Gasteiger partial charge in [0.1, 0.15) is 6.04 Å². The molecule has 1 saturated heterocycles. The van der Waals surface area contributed by atoms with Crippen LogP contribution in [0.2, 0.25) is 0 Å². The van der Waals surface area contributed by atoms with E-state index < -0.39 is 11.9 Å². The fraction of sp³-hybridized carbons (Fsp3) is 0.200. The first-order chi connectivity index (χ1) is 10.1. The maximum atomic E-state index is 12.2. The number of pyridine rings is 1. The molecule has 1 aromatic heterocycles. The van der Waals surface area contributed by atoms with Crippen LogP contribution in [0.1, 0.15) is 23.2 Å². The van der Waals surface area contributed by atoms with E-state index in [-0.39, 0.29) is 18.2 Å². The summed E-state index contributed by atoms with van der Waals surface area (Å²) in [6, 6.07) is 8.51. The van der Waals surface area contributed by atoms with Crippen LogP contribution in [0.15, 0.2) is 36.5 Å². The molecule has 1 unspecified atom stereocenters.